The zero-order valence-corrected chi connectivity index (χ0v) is 13.3. The minimum absolute atomic E-state index is 0.00205. The first-order chi connectivity index (χ1) is 10.7. The van der Waals surface area contributed by atoms with Crippen LogP contribution in [0.25, 0.3) is 10.9 Å². The van der Waals surface area contributed by atoms with Gasteiger partial charge in [0.1, 0.15) is 0 Å². The van der Waals surface area contributed by atoms with Gasteiger partial charge in [-0.3, -0.25) is 4.79 Å². The van der Waals surface area contributed by atoms with Crippen LogP contribution in [0.4, 0.5) is 0 Å². The second-order valence-electron chi connectivity index (χ2n) is 6.30. The monoisotopic (exact) mass is 299 g/mol. The molecule has 4 nitrogen and oxygen atoms in total. The number of carbonyl (C=O) groups excluding carboxylic acids is 1. The van der Waals surface area contributed by atoms with Gasteiger partial charge in [-0.1, -0.05) is 25.1 Å². The number of nitrogens with zero attached hydrogens (tertiary/aromatic N) is 1. The highest BCUT2D eigenvalue weighted by Crippen LogP contribution is 2.20. The third kappa shape index (κ3) is 3.50. The molecule has 1 aromatic carbocycles. The molecule has 1 unspecified atom stereocenters. The van der Waals surface area contributed by atoms with Crippen LogP contribution in [0.1, 0.15) is 25.3 Å². The van der Waals surface area contributed by atoms with E-state index in [1.165, 1.54) is 36.9 Å². The molecule has 1 aliphatic rings. The van der Waals surface area contributed by atoms with Crippen molar-refractivity contribution in [3.05, 3.63) is 36.0 Å². The topological polar surface area (TPSA) is 48.1 Å². The van der Waals surface area contributed by atoms with Crippen LogP contribution >= 0.6 is 0 Å². The number of aromatic amines is 1. The number of hydrogen-bond donors (Lipinski definition) is 2. The lowest BCUT2D eigenvalue weighted by atomic mass is 10.00. The van der Waals surface area contributed by atoms with E-state index in [0.29, 0.717) is 0 Å². The number of aromatic nitrogens is 1. The van der Waals surface area contributed by atoms with Gasteiger partial charge in [-0.15, -0.1) is 0 Å². The number of amides is 1. The highest BCUT2D eigenvalue weighted by molar-refractivity contribution is 5.84. The number of hydrogen-bond acceptors (Lipinski definition) is 2. The van der Waals surface area contributed by atoms with Crippen molar-refractivity contribution in [1.29, 1.82) is 0 Å². The smallest absolute Gasteiger partial charge is 0.223 e. The number of likely N-dealkylation sites (tertiary alicyclic amines) is 1. The van der Waals surface area contributed by atoms with Gasteiger partial charge in [-0.05, 0) is 44.0 Å². The first kappa shape index (κ1) is 15.1. The molecular weight excluding hydrogens is 274 g/mol. The van der Waals surface area contributed by atoms with Gasteiger partial charge < -0.3 is 15.2 Å². The Hall–Kier alpha value is -1.81. The zero-order chi connectivity index (χ0) is 15.4. The van der Waals surface area contributed by atoms with Gasteiger partial charge in [0, 0.05) is 36.1 Å². The number of para-hydroxylation sites is 1. The number of nitrogens with one attached hydrogen (secondary N) is 2. The van der Waals surface area contributed by atoms with E-state index < -0.39 is 0 Å². The third-order valence-electron chi connectivity index (χ3n) is 4.57. The summed E-state index contributed by atoms with van der Waals surface area (Å²) >= 11 is 0. The summed E-state index contributed by atoms with van der Waals surface area (Å²) in [6.07, 6.45) is 5.40. The van der Waals surface area contributed by atoms with Gasteiger partial charge in [-0.2, -0.15) is 0 Å². The van der Waals surface area contributed by atoms with Gasteiger partial charge in [0.25, 0.3) is 0 Å². The molecule has 0 bridgehead atoms. The molecule has 118 valence electrons. The summed E-state index contributed by atoms with van der Waals surface area (Å²) in [7, 11) is 0. The molecule has 1 amide bonds. The predicted octanol–water partition coefficient (Wildman–Crippen LogP) is 2.56. The number of fused-ring (bicyclic) bond motifs is 1. The van der Waals surface area contributed by atoms with Crippen molar-refractivity contribution in [3.63, 3.8) is 0 Å². The standard InChI is InChI=1S/C18H25N3O/c1-14(18(22)19-8-11-21-9-4-5-10-21)12-15-13-20-17-7-3-2-6-16(15)17/h2-3,6-7,13-14,20H,4-5,8-12H2,1H3,(H,19,22). The molecule has 22 heavy (non-hydrogen) atoms. The van der Waals surface area contributed by atoms with Crippen LogP contribution in [0.2, 0.25) is 0 Å². The van der Waals surface area contributed by atoms with Crippen LogP contribution in [0.15, 0.2) is 30.5 Å². The molecule has 0 radical (unpaired) electrons. The van der Waals surface area contributed by atoms with Crippen molar-refractivity contribution in [3.8, 4) is 0 Å². The summed E-state index contributed by atoms with van der Waals surface area (Å²) in [5.74, 6) is 0.155. The Kier molecular flexibility index (Phi) is 4.78. The van der Waals surface area contributed by atoms with Gasteiger partial charge in [-0.25, -0.2) is 0 Å². The van der Waals surface area contributed by atoms with Gasteiger partial charge in [0.15, 0.2) is 0 Å². The Morgan fingerprint density at radius 1 is 1.32 bits per heavy atom. The van der Waals surface area contributed by atoms with Crippen molar-refractivity contribution in [2.45, 2.75) is 26.2 Å². The fraction of sp³-hybridized carbons (Fsp3) is 0.500. The predicted molar refractivity (Wildman–Crippen MR) is 89.9 cm³/mol. The van der Waals surface area contributed by atoms with E-state index in [9.17, 15) is 4.79 Å². The molecule has 1 saturated heterocycles. The van der Waals surface area contributed by atoms with Crippen LogP contribution in [-0.4, -0.2) is 42.0 Å². The maximum Gasteiger partial charge on any atom is 0.223 e. The van der Waals surface area contributed by atoms with Crippen molar-refractivity contribution >= 4 is 16.8 Å². The molecule has 3 rings (SSSR count). The van der Waals surface area contributed by atoms with Crippen molar-refractivity contribution in [2.75, 3.05) is 26.2 Å². The molecule has 0 saturated carbocycles. The first-order valence-electron chi connectivity index (χ1n) is 8.29. The molecule has 2 N–H and O–H groups in total. The maximum absolute atomic E-state index is 12.2. The average molecular weight is 299 g/mol. The Morgan fingerprint density at radius 3 is 2.91 bits per heavy atom. The fourth-order valence-corrected chi connectivity index (χ4v) is 3.24. The molecule has 0 aliphatic carbocycles. The van der Waals surface area contributed by atoms with Crippen LogP contribution in [-0.2, 0) is 11.2 Å². The molecule has 4 heteroatoms. The highest BCUT2D eigenvalue weighted by Gasteiger charge is 2.16. The number of rotatable bonds is 6. The van der Waals surface area contributed by atoms with E-state index in [2.05, 4.69) is 27.3 Å². The summed E-state index contributed by atoms with van der Waals surface area (Å²) < 4.78 is 0. The fourth-order valence-electron chi connectivity index (χ4n) is 3.24. The lowest BCUT2D eigenvalue weighted by Gasteiger charge is -2.16. The highest BCUT2D eigenvalue weighted by atomic mass is 16.1. The van der Waals surface area contributed by atoms with Crippen LogP contribution in [0.3, 0.4) is 0 Å². The zero-order valence-electron chi connectivity index (χ0n) is 13.3. The van der Waals surface area contributed by atoms with E-state index in [1.807, 2.05) is 25.3 Å². The molecule has 2 heterocycles. The average Bonchev–Trinajstić information content (AvgIpc) is 3.17. The largest absolute Gasteiger partial charge is 0.361 e. The quantitative estimate of drug-likeness (QED) is 0.861. The Labute approximate surface area is 131 Å². The van der Waals surface area contributed by atoms with E-state index in [1.54, 1.807) is 0 Å². The van der Waals surface area contributed by atoms with Crippen LogP contribution < -0.4 is 5.32 Å². The van der Waals surface area contributed by atoms with Crippen molar-refractivity contribution in [1.82, 2.24) is 15.2 Å². The summed E-state index contributed by atoms with van der Waals surface area (Å²) in [6, 6.07) is 8.25. The SMILES string of the molecule is CC(Cc1c[nH]c2ccccc12)C(=O)NCCN1CCCC1. The second-order valence-corrected chi connectivity index (χ2v) is 6.30. The summed E-state index contributed by atoms with van der Waals surface area (Å²) in [5, 5.41) is 4.30. The molecule has 2 aromatic rings. The molecule has 1 aliphatic heterocycles. The molecule has 1 aromatic heterocycles. The maximum atomic E-state index is 12.2. The number of benzene rings is 1. The van der Waals surface area contributed by atoms with E-state index >= 15 is 0 Å². The molecule has 0 spiro atoms. The Morgan fingerprint density at radius 2 is 2.09 bits per heavy atom. The van der Waals surface area contributed by atoms with Gasteiger partial charge in [0.2, 0.25) is 5.91 Å². The summed E-state index contributed by atoms with van der Waals surface area (Å²) in [5.41, 5.74) is 2.36. The van der Waals surface area contributed by atoms with Crippen LogP contribution in [0.5, 0.6) is 0 Å². The van der Waals surface area contributed by atoms with E-state index in [0.717, 1.165) is 25.0 Å². The Bertz CT molecular complexity index is 628. The van der Waals surface area contributed by atoms with Crippen molar-refractivity contribution in [2.24, 2.45) is 5.92 Å². The minimum Gasteiger partial charge on any atom is -0.361 e. The Balaban J connectivity index is 1.50. The van der Waals surface area contributed by atoms with Gasteiger partial charge in [0.05, 0.1) is 0 Å². The lowest BCUT2D eigenvalue weighted by molar-refractivity contribution is -0.124. The normalized spacial score (nSPS) is 17.0. The van der Waals surface area contributed by atoms with Crippen LogP contribution in [0, 0.1) is 5.92 Å². The van der Waals surface area contributed by atoms with Gasteiger partial charge >= 0.3 is 0 Å². The molecular formula is C18H25N3O. The van der Waals surface area contributed by atoms with E-state index in [-0.39, 0.29) is 11.8 Å². The van der Waals surface area contributed by atoms with Crippen molar-refractivity contribution < 1.29 is 4.79 Å². The first-order valence-corrected chi connectivity index (χ1v) is 8.29. The third-order valence-corrected chi connectivity index (χ3v) is 4.57. The summed E-state index contributed by atoms with van der Waals surface area (Å²) in [6.45, 7) is 6.11. The molecule has 1 atom stereocenters. The number of carbonyl (C=O) groups is 1. The lowest BCUT2D eigenvalue weighted by Crippen LogP contribution is -2.36. The number of H-pyrrole nitrogens is 1. The minimum atomic E-state index is -0.00205. The second kappa shape index (κ2) is 6.97. The summed E-state index contributed by atoms with van der Waals surface area (Å²) in [4.78, 5) is 17.9. The molecule has 1 fully saturated rings. The van der Waals surface area contributed by atoms with E-state index in [4.69, 9.17) is 0 Å².